The smallest absolute Gasteiger partial charge is 0.0897 e. The Morgan fingerprint density at radius 1 is 1.18 bits per heavy atom. The number of aliphatic hydroxyl groups is 2. The molecule has 0 saturated carbocycles. The third kappa shape index (κ3) is 3.43. The van der Waals surface area contributed by atoms with Crippen LogP contribution < -0.4 is 4.90 Å². The SMILES string of the molecule is [2H]C1([2H])N(C[C@H](O)CO)C([2H])([2H])C([2H])([2H])N(c2ccccc2)C1([2H])[2H]. The van der Waals surface area contributed by atoms with Crippen LogP contribution in [0.15, 0.2) is 30.3 Å². The van der Waals surface area contributed by atoms with Gasteiger partial charge in [0, 0.05) is 43.7 Å². The highest BCUT2D eigenvalue weighted by molar-refractivity contribution is 5.46. The predicted molar refractivity (Wildman–Crippen MR) is 68.2 cm³/mol. The van der Waals surface area contributed by atoms with Crippen LogP contribution >= 0.6 is 0 Å². The summed E-state index contributed by atoms with van der Waals surface area (Å²) < 4.78 is 65.4. The maximum absolute atomic E-state index is 9.61. The Labute approximate surface area is 113 Å². The molecule has 1 aliphatic heterocycles. The van der Waals surface area contributed by atoms with E-state index >= 15 is 0 Å². The molecular weight excluding hydrogens is 216 g/mol. The van der Waals surface area contributed by atoms with Crippen molar-refractivity contribution in [3.63, 3.8) is 0 Å². The molecule has 1 heterocycles. The number of hydrogen-bond acceptors (Lipinski definition) is 4. The lowest BCUT2D eigenvalue weighted by Crippen LogP contribution is -2.49. The quantitative estimate of drug-likeness (QED) is 0.792. The summed E-state index contributed by atoms with van der Waals surface area (Å²) in [6.07, 6.45) is -1.56. The van der Waals surface area contributed by atoms with E-state index < -0.39 is 45.2 Å². The Balaban J connectivity index is 2.64. The van der Waals surface area contributed by atoms with Crippen LogP contribution in [-0.2, 0) is 0 Å². The van der Waals surface area contributed by atoms with Crippen LogP contribution in [0.3, 0.4) is 0 Å². The lowest BCUT2D eigenvalue weighted by molar-refractivity contribution is 0.0575. The number of rotatable bonds is 4. The summed E-state index contributed by atoms with van der Waals surface area (Å²) in [4.78, 5) is 0.738. The first kappa shape index (κ1) is 5.69. The number of para-hydroxylation sites is 1. The van der Waals surface area contributed by atoms with Gasteiger partial charge in [0.15, 0.2) is 0 Å². The molecule has 0 amide bonds. The van der Waals surface area contributed by atoms with Crippen molar-refractivity contribution < 1.29 is 21.2 Å². The molecule has 1 fully saturated rings. The second-order valence-electron chi connectivity index (χ2n) is 3.57. The van der Waals surface area contributed by atoms with Gasteiger partial charge in [0.25, 0.3) is 0 Å². The molecule has 0 spiro atoms. The average molecular weight is 244 g/mol. The van der Waals surface area contributed by atoms with Gasteiger partial charge < -0.3 is 15.1 Å². The van der Waals surface area contributed by atoms with Crippen LogP contribution in [0.25, 0.3) is 0 Å². The third-order valence-electron chi connectivity index (χ3n) is 2.21. The summed E-state index contributed by atoms with van der Waals surface area (Å²) in [6, 6.07) is 7.36. The van der Waals surface area contributed by atoms with Gasteiger partial charge in [-0.2, -0.15) is 0 Å². The largest absolute Gasteiger partial charge is 0.394 e. The molecule has 2 N–H and O–H groups in total. The molecular formula is C13H20N2O2. The van der Waals surface area contributed by atoms with Crippen LogP contribution in [0, 0.1) is 0 Å². The van der Waals surface area contributed by atoms with Gasteiger partial charge in [0.05, 0.1) is 18.2 Å². The van der Waals surface area contributed by atoms with E-state index in [0.717, 1.165) is 0 Å². The number of piperazine rings is 1. The highest BCUT2D eigenvalue weighted by atomic mass is 16.3. The van der Waals surface area contributed by atoms with Crippen LogP contribution in [0.1, 0.15) is 11.0 Å². The van der Waals surface area contributed by atoms with E-state index in [2.05, 4.69) is 0 Å². The van der Waals surface area contributed by atoms with Gasteiger partial charge in [0.1, 0.15) is 0 Å². The third-order valence-corrected chi connectivity index (χ3v) is 2.21. The van der Waals surface area contributed by atoms with Gasteiger partial charge in [-0.05, 0) is 12.1 Å². The van der Waals surface area contributed by atoms with Gasteiger partial charge in [-0.1, -0.05) is 18.2 Å². The maximum atomic E-state index is 9.61. The normalized spacial score (nSPS) is 38.1. The summed E-state index contributed by atoms with van der Waals surface area (Å²) >= 11 is 0. The summed E-state index contributed by atoms with van der Waals surface area (Å²) in [6.45, 7) is -13.5. The Kier molecular flexibility index (Phi) is 2.01. The molecule has 0 aromatic heterocycles. The van der Waals surface area contributed by atoms with Crippen LogP contribution in [0.2, 0.25) is 0 Å². The van der Waals surface area contributed by atoms with Crippen molar-refractivity contribution in [3.8, 4) is 0 Å². The van der Waals surface area contributed by atoms with Gasteiger partial charge in [-0.15, -0.1) is 0 Å². The first-order chi connectivity index (χ1) is 11.3. The second kappa shape index (κ2) is 6.00. The van der Waals surface area contributed by atoms with Crippen molar-refractivity contribution >= 4 is 5.69 Å². The van der Waals surface area contributed by atoms with E-state index in [0.29, 0.717) is 9.80 Å². The molecule has 0 aliphatic carbocycles. The summed E-state index contributed by atoms with van der Waals surface area (Å²) in [7, 11) is 0. The summed E-state index contributed by atoms with van der Waals surface area (Å²) in [5, 5.41) is 18.6. The maximum Gasteiger partial charge on any atom is 0.0897 e. The van der Waals surface area contributed by atoms with Gasteiger partial charge in [-0.25, -0.2) is 0 Å². The molecule has 17 heavy (non-hydrogen) atoms. The van der Waals surface area contributed by atoms with Gasteiger partial charge in [0.2, 0.25) is 0 Å². The van der Waals surface area contributed by atoms with E-state index in [4.69, 9.17) is 16.1 Å². The highest BCUT2D eigenvalue weighted by Gasteiger charge is 2.18. The van der Waals surface area contributed by atoms with Crippen LogP contribution in [-0.4, -0.2) is 60.4 Å². The molecule has 4 heteroatoms. The molecule has 0 bridgehead atoms. The first-order valence-electron chi connectivity index (χ1n) is 9.24. The minimum atomic E-state index is -3.01. The Hall–Kier alpha value is -1.10. The topological polar surface area (TPSA) is 46.9 Å². The molecule has 4 nitrogen and oxygen atoms in total. The molecule has 0 unspecified atom stereocenters. The van der Waals surface area contributed by atoms with Crippen molar-refractivity contribution in [3.05, 3.63) is 30.3 Å². The predicted octanol–water partition coefficient (Wildman–Crippen LogP) is 0.162. The van der Waals surface area contributed by atoms with E-state index in [1.54, 1.807) is 6.07 Å². The fraction of sp³-hybridized carbons (Fsp3) is 0.538. The van der Waals surface area contributed by atoms with E-state index in [1.165, 1.54) is 24.3 Å². The molecule has 1 atom stereocenters. The molecule has 1 aromatic rings. The summed E-state index contributed by atoms with van der Waals surface area (Å²) in [5.41, 5.74) is -0.0207. The number of hydrogen-bond donors (Lipinski definition) is 2. The zero-order valence-corrected chi connectivity index (χ0v) is 9.17. The average Bonchev–Trinajstić information content (AvgIpc) is 2.51. The molecule has 1 aliphatic rings. The highest BCUT2D eigenvalue weighted by Crippen LogP contribution is 2.15. The monoisotopic (exact) mass is 244 g/mol. The van der Waals surface area contributed by atoms with Crippen LogP contribution in [0.5, 0.6) is 0 Å². The number of nitrogens with zero attached hydrogens (tertiary/aromatic N) is 2. The Morgan fingerprint density at radius 2 is 1.82 bits per heavy atom. The zero-order valence-electron chi connectivity index (χ0n) is 17.2. The van der Waals surface area contributed by atoms with E-state index in [-0.39, 0.29) is 5.69 Å². The van der Waals surface area contributed by atoms with Crippen molar-refractivity contribution in [2.45, 2.75) is 6.10 Å². The number of aliphatic hydroxyl groups excluding tert-OH is 2. The molecule has 1 aromatic carbocycles. The van der Waals surface area contributed by atoms with Crippen molar-refractivity contribution in [2.24, 2.45) is 0 Å². The fourth-order valence-corrected chi connectivity index (χ4v) is 1.34. The van der Waals surface area contributed by atoms with E-state index in [1.807, 2.05) is 0 Å². The molecule has 2 rings (SSSR count). The lowest BCUT2D eigenvalue weighted by atomic mass is 10.2. The number of β-amino-alcohol motifs (C(OH)–C–C–N with tert-alkyl or cyclic N) is 1. The van der Waals surface area contributed by atoms with Gasteiger partial charge in [-0.3, -0.25) is 4.90 Å². The minimum absolute atomic E-state index is 0.0207. The molecule has 0 radical (unpaired) electrons. The minimum Gasteiger partial charge on any atom is -0.394 e. The molecule has 94 valence electrons. The first-order valence-corrected chi connectivity index (χ1v) is 5.24. The van der Waals surface area contributed by atoms with Crippen molar-refractivity contribution in [2.75, 3.05) is 44.0 Å². The number of benzene rings is 1. The van der Waals surface area contributed by atoms with E-state index in [9.17, 15) is 5.11 Å². The van der Waals surface area contributed by atoms with Gasteiger partial charge >= 0.3 is 0 Å². The fourth-order valence-electron chi connectivity index (χ4n) is 1.34. The van der Waals surface area contributed by atoms with Crippen LogP contribution in [0.4, 0.5) is 5.69 Å². The second-order valence-corrected chi connectivity index (χ2v) is 3.57. The molecule has 1 saturated heterocycles. The lowest BCUT2D eigenvalue weighted by Gasteiger charge is -2.36. The van der Waals surface area contributed by atoms with Crippen molar-refractivity contribution in [1.29, 1.82) is 0 Å². The standard InChI is InChI=1S/C13H20N2O2/c16-11-13(17)10-14-6-8-15(9-7-14)12-4-2-1-3-5-12/h1-5,13,16-17H,6-11H2/t13-/m0/s1/i6D2,7D2,8D2,9D2. The zero-order chi connectivity index (χ0) is 19.3. The summed E-state index contributed by atoms with van der Waals surface area (Å²) in [5.74, 6) is 0. The Morgan fingerprint density at radius 3 is 2.41 bits per heavy atom. The Bertz CT molecular complexity index is 585. The number of anilines is 1. The van der Waals surface area contributed by atoms with Crippen molar-refractivity contribution in [1.82, 2.24) is 4.90 Å².